The van der Waals surface area contributed by atoms with E-state index >= 15 is 0 Å². The first-order valence-electron chi connectivity index (χ1n) is 7.66. The van der Waals surface area contributed by atoms with Gasteiger partial charge in [0.2, 0.25) is 5.78 Å². The Morgan fingerprint density at radius 1 is 1.38 bits per heavy atom. The van der Waals surface area contributed by atoms with Gasteiger partial charge in [-0.3, -0.25) is 18.8 Å². The Balaban J connectivity index is 1.92. The molecule has 0 bridgehead atoms. The summed E-state index contributed by atoms with van der Waals surface area (Å²) in [5, 5.41) is 13.8. The molecule has 3 heterocycles. The highest BCUT2D eigenvalue weighted by Crippen LogP contribution is 2.21. The third-order valence-corrected chi connectivity index (χ3v) is 5.11. The molecule has 1 aliphatic rings. The van der Waals surface area contributed by atoms with Crippen LogP contribution in [0.15, 0.2) is 28.0 Å². The summed E-state index contributed by atoms with van der Waals surface area (Å²) < 4.78 is 3.54. The number of amidine groups is 1. The van der Waals surface area contributed by atoms with E-state index in [9.17, 15) is 4.79 Å². The monoisotopic (exact) mass is 362 g/mol. The van der Waals surface area contributed by atoms with Gasteiger partial charge in [-0.2, -0.15) is 0 Å². The predicted molar refractivity (Wildman–Crippen MR) is 97.0 cm³/mol. The second kappa shape index (κ2) is 6.10. The van der Waals surface area contributed by atoms with Crippen molar-refractivity contribution in [3.63, 3.8) is 0 Å². The number of rotatable bonds is 3. The standard InChI is InChI=1S/C15H15ClN6OS/c1-2-21-13(23)10-4-3-9(16)7-11(10)22-12(19-20-15(21)22)8-24-14-17-5-6-18-14/h3-4,7H,2,5-6,8H2,1H3,(H,17,18). The van der Waals surface area contributed by atoms with E-state index in [4.69, 9.17) is 11.6 Å². The van der Waals surface area contributed by atoms with E-state index in [0.29, 0.717) is 28.5 Å². The molecular formula is C15H15ClN6OS. The van der Waals surface area contributed by atoms with E-state index in [1.807, 2.05) is 11.3 Å². The molecule has 4 rings (SSSR count). The topological polar surface area (TPSA) is 76.6 Å². The van der Waals surface area contributed by atoms with Gasteiger partial charge in [-0.25, -0.2) is 0 Å². The second-order valence-electron chi connectivity index (χ2n) is 5.36. The lowest BCUT2D eigenvalue weighted by Gasteiger charge is -2.10. The maximum atomic E-state index is 12.7. The molecular weight excluding hydrogens is 348 g/mol. The van der Waals surface area contributed by atoms with Crippen molar-refractivity contribution in [3.8, 4) is 0 Å². The average molecular weight is 363 g/mol. The number of aryl methyl sites for hydroxylation is 1. The van der Waals surface area contributed by atoms with Crippen molar-refractivity contribution in [2.24, 2.45) is 4.99 Å². The summed E-state index contributed by atoms with van der Waals surface area (Å²) in [6.45, 7) is 4.12. The fourth-order valence-electron chi connectivity index (χ4n) is 2.82. The van der Waals surface area contributed by atoms with Crippen LogP contribution in [0, 0.1) is 0 Å². The SMILES string of the molecule is CCn1c(=O)c2ccc(Cl)cc2n2c(CSC3=NCCN3)nnc12. The van der Waals surface area contributed by atoms with Crippen LogP contribution in [0.4, 0.5) is 0 Å². The summed E-state index contributed by atoms with van der Waals surface area (Å²) >= 11 is 7.73. The van der Waals surface area contributed by atoms with Gasteiger partial charge in [0.25, 0.3) is 5.56 Å². The molecule has 0 saturated carbocycles. The molecule has 0 saturated heterocycles. The summed E-state index contributed by atoms with van der Waals surface area (Å²) in [7, 11) is 0. The van der Waals surface area contributed by atoms with E-state index in [0.717, 1.165) is 29.6 Å². The van der Waals surface area contributed by atoms with Crippen LogP contribution in [0.5, 0.6) is 0 Å². The lowest BCUT2D eigenvalue weighted by molar-refractivity contribution is 0.735. The van der Waals surface area contributed by atoms with Crippen molar-refractivity contribution in [1.82, 2.24) is 24.5 Å². The Kier molecular flexibility index (Phi) is 3.93. The highest BCUT2D eigenvalue weighted by Gasteiger charge is 2.17. The number of aliphatic imine (C=N–C) groups is 1. The minimum Gasteiger partial charge on any atom is -0.363 e. The molecule has 0 amide bonds. The number of hydrogen-bond donors (Lipinski definition) is 1. The number of nitrogens with one attached hydrogen (secondary N) is 1. The van der Waals surface area contributed by atoms with E-state index in [1.54, 1.807) is 34.5 Å². The highest BCUT2D eigenvalue weighted by atomic mass is 35.5. The number of hydrogen-bond acceptors (Lipinski definition) is 6. The largest absolute Gasteiger partial charge is 0.363 e. The van der Waals surface area contributed by atoms with Gasteiger partial charge in [-0.05, 0) is 25.1 Å². The maximum Gasteiger partial charge on any atom is 0.262 e. The number of aromatic nitrogens is 4. The lowest BCUT2D eigenvalue weighted by Crippen LogP contribution is -2.22. The van der Waals surface area contributed by atoms with E-state index in [1.165, 1.54) is 0 Å². The molecule has 0 aliphatic carbocycles. The number of fused-ring (bicyclic) bond motifs is 3. The lowest BCUT2D eigenvalue weighted by atomic mass is 10.2. The zero-order valence-electron chi connectivity index (χ0n) is 13.0. The van der Waals surface area contributed by atoms with Crippen molar-refractivity contribution in [2.75, 3.05) is 13.1 Å². The minimum absolute atomic E-state index is 0.0786. The summed E-state index contributed by atoms with van der Waals surface area (Å²) in [6.07, 6.45) is 0. The molecule has 1 aromatic carbocycles. The van der Waals surface area contributed by atoms with Gasteiger partial charge < -0.3 is 5.32 Å². The number of halogens is 1. The number of nitrogens with zero attached hydrogens (tertiary/aromatic N) is 5. The molecule has 0 atom stereocenters. The predicted octanol–water partition coefficient (Wildman–Crippen LogP) is 1.91. The molecule has 0 radical (unpaired) electrons. The molecule has 3 aromatic rings. The molecule has 9 heteroatoms. The maximum absolute atomic E-state index is 12.7. The van der Waals surface area contributed by atoms with Crippen LogP contribution in [0.2, 0.25) is 5.02 Å². The normalized spacial score (nSPS) is 14.3. The van der Waals surface area contributed by atoms with Gasteiger partial charge in [0.15, 0.2) is 5.17 Å². The first-order valence-corrected chi connectivity index (χ1v) is 9.02. The van der Waals surface area contributed by atoms with E-state index in [-0.39, 0.29) is 5.56 Å². The van der Waals surface area contributed by atoms with Crippen molar-refractivity contribution in [3.05, 3.63) is 39.4 Å². The van der Waals surface area contributed by atoms with Gasteiger partial charge in [0.1, 0.15) is 5.82 Å². The van der Waals surface area contributed by atoms with Crippen LogP contribution >= 0.6 is 23.4 Å². The Morgan fingerprint density at radius 2 is 2.25 bits per heavy atom. The van der Waals surface area contributed by atoms with Crippen molar-refractivity contribution < 1.29 is 0 Å². The van der Waals surface area contributed by atoms with E-state index in [2.05, 4.69) is 20.5 Å². The Morgan fingerprint density at radius 3 is 3.00 bits per heavy atom. The third kappa shape index (κ3) is 2.46. The smallest absolute Gasteiger partial charge is 0.262 e. The zero-order valence-corrected chi connectivity index (χ0v) is 14.6. The second-order valence-corrected chi connectivity index (χ2v) is 6.77. The van der Waals surface area contributed by atoms with Crippen LogP contribution < -0.4 is 10.9 Å². The quantitative estimate of drug-likeness (QED) is 0.770. The van der Waals surface area contributed by atoms with Crippen LogP contribution in [0.3, 0.4) is 0 Å². The zero-order chi connectivity index (χ0) is 16.7. The van der Waals surface area contributed by atoms with Crippen LogP contribution in [0.25, 0.3) is 16.7 Å². The van der Waals surface area contributed by atoms with Gasteiger partial charge in [0, 0.05) is 18.1 Å². The first kappa shape index (κ1) is 15.5. The molecule has 7 nitrogen and oxygen atoms in total. The molecule has 124 valence electrons. The first-order chi connectivity index (χ1) is 11.7. The molecule has 24 heavy (non-hydrogen) atoms. The average Bonchev–Trinajstić information content (AvgIpc) is 3.23. The van der Waals surface area contributed by atoms with Crippen LogP contribution in [-0.2, 0) is 12.3 Å². The fraction of sp³-hybridized carbons (Fsp3) is 0.333. The third-order valence-electron chi connectivity index (χ3n) is 3.93. The summed E-state index contributed by atoms with van der Waals surface area (Å²) in [4.78, 5) is 17.0. The Bertz CT molecular complexity index is 1020. The molecule has 0 unspecified atom stereocenters. The Hall–Kier alpha value is -2.06. The van der Waals surface area contributed by atoms with Gasteiger partial charge in [-0.15, -0.1) is 10.2 Å². The summed E-state index contributed by atoms with van der Waals surface area (Å²) in [5.41, 5.74) is 0.652. The summed E-state index contributed by atoms with van der Waals surface area (Å²) in [6, 6.07) is 5.27. The van der Waals surface area contributed by atoms with Crippen molar-refractivity contribution in [1.29, 1.82) is 0 Å². The minimum atomic E-state index is -0.0786. The van der Waals surface area contributed by atoms with Crippen molar-refractivity contribution >= 4 is 45.2 Å². The molecule has 1 N–H and O–H groups in total. The molecule has 1 aliphatic heterocycles. The van der Waals surface area contributed by atoms with Gasteiger partial charge in [-0.1, -0.05) is 23.4 Å². The highest BCUT2D eigenvalue weighted by molar-refractivity contribution is 8.13. The molecule has 0 spiro atoms. The fourth-order valence-corrected chi connectivity index (χ4v) is 3.83. The van der Waals surface area contributed by atoms with Crippen LogP contribution in [-0.4, -0.2) is 37.4 Å². The molecule has 0 fully saturated rings. The van der Waals surface area contributed by atoms with Gasteiger partial charge >= 0.3 is 0 Å². The van der Waals surface area contributed by atoms with Crippen molar-refractivity contribution in [2.45, 2.75) is 19.2 Å². The van der Waals surface area contributed by atoms with Gasteiger partial charge in [0.05, 0.1) is 23.2 Å². The number of benzene rings is 1. The van der Waals surface area contributed by atoms with E-state index < -0.39 is 0 Å². The Labute approximate surface area is 146 Å². The number of thioether (sulfide) groups is 1. The summed E-state index contributed by atoms with van der Waals surface area (Å²) in [5.74, 6) is 1.91. The molecule has 2 aromatic heterocycles. The van der Waals surface area contributed by atoms with Crippen LogP contribution in [0.1, 0.15) is 12.7 Å².